The first kappa shape index (κ1) is 15.6. The van der Waals surface area contributed by atoms with Crippen LogP contribution in [-0.2, 0) is 0 Å². The Hall–Kier alpha value is -1.82. The molecule has 7 heteroatoms. The summed E-state index contributed by atoms with van der Waals surface area (Å²) in [5, 5.41) is 0.665. The largest absolute Gasteiger partial charge is 0.344 e. The minimum absolute atomic E-state index is 0. The molecule has 3 N–H and O–H groups in total. The van der Waals surface area contributed by atoms with E-state index in [4.69, 9.17) is 23.2 Å². The van der Waals surface area contributed by atoms with Crippen molar-refractivity contribution in [2.75, 3.05) is 6.54 Å². The van der Waals surface area contributed by atoms with Gasteiger partial charge in [0.2, 0.25) is 0 Å². The van der Waals surface area contributed by atoms with E-state index in [1.807, 2.05) is 0 Å². The molecule has 0 radical (unpaired) electrons. The van der Waals surface area contributed by atoms with Gasteiger partial charge in [-0.25, -0.2) is 4.39 Å². The molecule has 0 unspecified atom stereocenters. The van der Waals surface area contributed by atoms with E-state index < -0.39 is 5.82 Å². The highest BCUT2D eigenvalue weighted by Gasteiger charge is 2.22. The fourth-order valence-corrected chi connectivity index (χ4v) is 2.38. The fourth-order valence-electron chi connectivity index (χ4n) is 1.98. The summed E-state index contributed by atoms with van der Waals surface area (Å²) in [7, 11) is 0. The van der Waals surface area contributed by atoms with E-state index in [1.54, 1.807) is 18.3 Å². The zero-order chi connectivity index (χ0) is 14.1. The second kappa shape index (κ2) is 6.30. The number of aromatic nitrogens is 1. The maximum absolute atomic E-state index is 14.0. The molecule has 0 bridgehead atoms. The monoisotopic (exact) mass is 324 g/mol. The lowest BCUT2D eigenvalue weighted by molar-refractivity contribution is 0.618. The first-order valence-electron chi connectivity index (χ1n) is 5.84. The van der Waals surface area contributed by atoms with E-state index in [0.717, 1.165) is 0 Å². The fraction of sp³-hybridized carbons (Fsp3) is 0.0714. The Morgan fingerprint density at radius 1 is 1.14 bits per heavy atom. The highest BCUT2D eigenvalue weighted by Crippen LogP contribution is 2.35. The Morgan fingerprint density at radius 2 is 1.95 bits per heavy atom. The van der Waals surface area contributed by atoms with Crippen LogP contribution < -0.4 is 6.15 Å². The minimum Gasteiger partial charge on any atom is -0.344 e. The maximum atomic E-state index is 14.0. The molecule has 1 aliphatic heterocycles. The van der Waals surface area contributed by atoms with Crippen molar-refractivity contribution in [1.29, 1.82) is 0 Å². The topological polar surface area (TPSA) is 72.6 Å². The van der Waals surface area contributed by atoms with Crippen LogP contribution in [0.5, 0.6) is 0 Å². The highest BCUT2D eigenvalue weighted by atomic mass is 35.5. The molecule has 1 aliphatic rings. The van der Waals surface area contributed by atoms with E-state index >= 15 is 0 Å². The van der Waals surface area contributed by atoms with Gasteiger partial charge in [-0.1, -0.05) is 23.2 Å². The first-order valence-corrected chi connectivity index (χ1v) is 6.60. The molecule has 108 valence electrons. The van der Waals surface area contributed by atoms with E-state index in [1.165, 1.54) is 18.3 Å². The predicted octanol–water partition coefficient (Wildman–Crippen LogP) is 4.24. The molecule has 0 spiro atoms. The van der Waals surface area contributed by atoms with Crippen LogP contribution in [0.2, 0.25) is 10.0 Å². The number of hydrogen-bond acceptors (Lipinski definition) is 4. The van der Waals surface area contributed by atoms with E-state index in [2.05, 4.69) is 15.0 Å². The number of hydrogen-bond donors (Lipinski definition) is 1. The van der Waals surface area contributed by atoms with Crippen molar-refractivity contribution < 1.29 is 4.39 Å². The van der Waals surface area contributed by atoms with Gasteiger partial charge in [-0.3, -0.25) is 15.0 Å². The number of nitrogens with zero attached hydrogens (tertiary/aromatic N) is 3. The Labute approximate surface area is 130 Å². The van der Waals surface area contributed by atoms with Gasteiger partial charge in [-0.15, -0.1) is 0 Å². The third-order valence-corrected chi connectivity index (χ3v) is 3.66. The van der Waals surface area contributed by atoms with Crippen molar-refractivity contribution in [2.24, 2.45) is 9.98 Å². The van der Waals surface area contributed by atoms with Crippen LogP contribution in [0.25, 0.3) is 0 Å². The number of fused-ring (bicyclic) bond motifs is 1. The summed E-state index contributed by atoms with van der Waals surface area (Å²) in [4.78, 5) is 12.6. The standard InChI is InChI=1S/C14H8Cl2FN3.H3N/c15-8-3-4-10-11(12(8)16)14(20-7-6-18-10)13-9(17)2-1-5-19-13;/h1-6H,7H2;1H3. The molecule has 21 heavy (non-hydrogen) atoms. The zero-order valence-corrected chi connectivity index (χ0v) is 12.4. The SMILES string of the molecule is Fc1cccnc1C1=NCC=Nc2ccc(Cl)c(Cl)c21.N. The summed E-state index contributed by atoms with van der Waals surface area (Å²) >= 11 is 12.3. The third kappa shape index (κ3) is 2.81. The second-order valence-electron chi connectivity index (χ2n) is 4.09. The van der Waals surface area contributed by atoms with Gasteiger partial charge in [0.1, 0.15) is 5.69 Å². The molecule has 2 aromatic rings. The van der Waals surface area contributed by atoms with Crippen molar-refractivity contribution in [3.8, 4) is 0 Å². The summed E-state index contributed by atoms with van der Waals surface area (Å²) < 4.78 is 14.0. The molecule has 3 rings (SSSR count). The molecule has 4 nitrogen and oxygen atoms in total. The van der Waals surface area contributed by atoms with Gasteiger partial charge >= 0.3 is 0 Å². The van der Waals surface area contributed by atoms with Crippen LogP contribution in [-0.4, -0.2) is 23.5 Å². The summed E-state index contributed by atoms with van der Waals surface area (Å²) in [6, 6.07) is 6.22. The third-order valence-electron chi connectivity index (χ3n) is 2.85. The minimum atomic E-state index is -0.463. The molecule has 1 aromatic heterocycles. The molecule has 0 amide bonds. The summed E-state index contributed by atoms with van der Waals surface area (Å²) in [6.07, 6.45) is 3.14. The van der Waals surface area contributed by atoms with Gasteiger partial charge in [0.25, 0.3) is 0 Å². The zero-order valence-electron chi connectivity index (χ0n) is 10.9. The van der Waals surface area contributed by atoms with Gasteiger partial charge in [-0.2, -0.15) is 0 Å². The highest BCUT2D eigenvalue weighted by molar-refractivity contribution is 6.45. The number of halogens is 3. The van der Waals surface area contributed by atoms with Gasteiger partial charge in [0, 0.05) is 18.0 Å². The van der Waals surface area contributed by atoms with Crippen LogP contribution in [0.3, 0.4) is 0 Å². The Balaban J connectivity index is 0.00000161. The molecule has 2 heterocycles. The van der Waals surface area contributed by atoms with Crippen molar-refractivity contribution in [1.82, 2.24) is 11.1 Å². The van der Waals surface area contributed by atoms with Crippen molar-refractivity contribution in [3.63, 3.8) is 0 Å². The van der Waals surface area contributed by atoms with Crippen LogP contribution in [0, 0.1) is 5.82 Å². The van der Waals surface area contributed by atoms with E-state index in [0.29, 0.717) is 33.6 Å². The number of benzene rings is 1. The molecule has 0 fully saturated rings. The normalized spacial score (nSPS) is 13.0. The summed E-state index contributed by atoms with van der Waals surface area (Å²) in [6.45, 7) is 0.327. The smallest absolute Gasteiger partial charge is 0.151 e. The Bertz CT molecular complexity index is 744. The molecule has 0 aliphatic carbocycles. The lowest BCUT2D eigenvalue weighted by atomic mass is 10.0. The molecule has 0 saturated carbocycles. The van der Waals surface area contributed by atoms with Crippen molar-refractivity contribution in [3.05, 3.63) is 57.6 Å². The van der Waals surface area contributed by atoms with Crippen molar-refractivity contribution >= 4 is 40.8 Å². The second-order valence-corrected chi connectivity index (χ2v) is 4.88. The van der Waals surface area contributed by atoms with Crippen LogP contribution >= 0.6 is 23.2 Å². The lowest BCUT2D eigenvalue weighted by Gasteiger charge is -2.11. The predicted molar refractivity (Wildman–Crippen MR) is 84.3 cm³/mol. The Morgan fingerprint density at radius 3 is 2.71 bits per heavy atom. The average molecular weight is 325 g/mol. The lowest BCUT2D eigenvalue weighted by Crippen LogP contribution is -2.10. The van der Waals surface area contributed by atoms with Crippen LogP contribution in [0.15, 0.2) is 40.4 Å². The van der Waals surface area contributed by atoms with Gasteiger partial charge in [-0.05, 0) is 24.3 Å². The van der Waals surface area contributed by atoms with E-state index in [-0.39, 0.29) is 11.8 Å². The summed E-state index contributed by atoms with van der Waals surface area (Å²) in [5.41, 5.74) is 1.61. The average Bonchev–Trinajstić information content (AvgIpc) is 2.66. The molecule has 0 atom stereocenters. The van der Waals surface area contributed by atoms with Crippen LogP contribution in [0.4, 0.5) is 10.1 Å². The van der Waals surface area contributed by atoms with Gasteiger partial charge in [0.05, 0.1) is 28.0 Å². The first-order chi connectivity index (χ1) is 9.68. The quantitative estimate of drug-likeness (QED) is 0.851. The number of rotatable bonds is 1. The Kier molecular flexibility index (Phi) is 4.67. The van der Waals surface area contributed by atoms with Gasteiger partial charge in [0.15, 0.2) is 5.82 Å². The molecule has 1 aromatic carbocycles. The van der Waals surface area contributed by atoms with E-state index in [9.17, 15) is 4.39 Å². The maximum Gasteiger partial charge on any atom is 0.151 e. The number of aliphatic imine (C=N–C) groups is 2. The molecular weight excluding hydrogens is 314 g/mol. The summed E-state index contributed by atoms with van der Waals surface area (Å²) in [5.74, 6) is -0.463. The van der Waals surface area contributed by atoms with Crippen molar-refractivity contribution in [2.45, 2.75) is 0 Å². The number of pyridine rings is 1. The van der Waals surface area contributed by atoms with Crippen LogP contribution in [0.1, 0.15) is 11.3 Å². The molecular formula is C14H11Cl2FN4. The molecule has 0 saturated heterocycles. The van der Waals surface area contributed by atoms with Gasteiger partial charge < -0.3 is 6.15 Å².